The lowest BCUT2D eigenvalue weighted by Gasteiger charge is -2.30. The van der Waals surface area contributed by atoms with E-state index in [-0.39, 0.29) is 36.3 Å². The van der Waals surface area contributed by atoms with Crippen molar-refractivity contribution < 1.29 is 32.6 Å². The molecule has 2 heterocycles. The van der Waals surface area contributed by atoms with Gasteiger partial charge in [0.15, 0.2) is 6.10 Å². The largest absolute Gasteiger partial charge is 0.479 e. The maximum Gasteiger partial charge on any atom is 0.449 e. The third-order valence-electron chi connectivity index (χ3n) is 4.34. The fourth-order valence-corrected chi connectivity index (χ4v) is 3.12. The van der Waals surface area contributed by atoms with E-state index >= 15 is 0 Å². The van der Waals surface area contributed by atoms with E-state index in [9.17, 15) is 22.8 Å². The van der Waals surface area contributed by atoms with Crippen LogP contribution in [0.1, 0.15) is 36.1 Å². The minimum absolute atomic E-state index is 0.0601. The second-order valence-corrected chi connectivity index (χ2v) is 6.55. The van der Waals surface area contributed by atoms with Crippen LogP contribution in [0.25, 0.3) is 11.0 Å². The van der Waals surface area contributed by atoms with Crippen molar-refractivity contribution in [2.75, 3.05) is 19.7 Å². The van der Waals surface area contributed by atoms with Gasteiger partial charge in [0.2, 0.25) is 5.82 Å². The van der Waals surface area contributed by atoms with E-state index in [1.807, 2.05) is 0 Å². The second-order valence-electron chi connectivity index (χ2n) is 6.55. The van der Waals surface area contributed by atoms with Crippen molar-refractivity contribution in [2.24, 2.45) is 0 Å². The highest BCUT2D eigenvalue weighted by Crippen LogP contribution is 2.34. The number of carbonyl (C=O) groups excluding carboxylic acids is 1. The number of carboxylic acids is 1. The molecule has 1 saturated heterocycles. The number of halogens is 3. The maximum atomic E-state index is 13.3. The maximum absolute atomic E-state index is 13.3. The van der Waals surface area contributed by atoms with Gasteiger partial charge in [-0.25, -0.2) is 9.78 Å². The van der Waals surface area contributed by atoms with Gasteiger partial charge in [0, 0.05) is 18.2 Å². The molecule has 1 aliphatic rings. The Bertz CT molecular complexity index is 891. The molecule has 1 atom stereocenters. The molecule has 1 aromatic carbocycles. The first-order valence-electron chi connectivity index (χ1n) is 8.32. The van der Waals surface area contributed by atoms with Gasteiger partial charge in [0.05, 0.1) is 24.2 Å². The number of rotatable bonds is 3. The molecule has 0 saturated carbocycles. The lowest BCUT2D eigenvalue weighted by Crippen LogP contribution is -2.48. The van der Waals surface area contributed by atoms with E-state index in [2.05, 4.69) is 4.98 Å². The van der Waals surface area contributed by atoms with Gasteiger partial charge in [0.1, 0.15) is 0 Å². The molecule has 1 aromatic heterocycles. The molecule has 1 amide bonds. The van der Waals surface area contributed by atoms with Crippen molar-refractivity contribution in [1.29, 1.82) is 0 Å². The summed E-state index contributed by atoms with van der Waals surface area (Å²) < 4.78 is 46.0. The third kappa shape index (κ3) is 3.61. The summed E-state index contributed by atoms with van der Waals surface area (Å²) in [7, 11) is 0. The average Bonchev–Trinajstić information content (AvgIpc) is 3.00. The van der Waals surface area contributed by atoms with E-state index in [1.165, 1.54) is 23.1 Å². The first-order chi connectivity index (χ1) is 12.6. The predicted molar refractivity (Wildman–Crippen MR) is 88.4 cm³/mol. The second kappa shape index (κ2) is 6.84. The van der Waals surface area contributed by atoms with Gasteiger partial charge < -0.3 is 19.3 Å². The zero-order valence-electron chi connectivity index (χ0n) is 14.7. The quantitative estimate of drug-likeness (QED) is 0.878. The lowest BCUT2D eigenvalue weighted by atomic mass is 10.1. The molecular weight excluding hydrogens is 367 g/mol. The summed E-state index contributed by atoms with van der Waals surface area (Å²) in [5, 5.41) is 9.03. The number of carbonyl (C=O) groups is 2. The third-order valence-corrected chi connectivity index (χ3v) is 4.34. The number of aliphatic carboxylic acids is 1. The monoisotopic (exact) mass is 385 g/mol. The van der Waals surface area contributed by atoms with E-state index in [1.54, 1.807) is 13.8 Å². The Balaban J connectivity index is 1.97. The lowest BCUT2D eigenvalue weighted by molar-refractivity contribution is -0.154. The average molecular weight is 385 g/mol. The number of hydrogen-bond donors (Lipinski definition) is 1. The number of benzene rings is 1. The first kappa shape index (κ1) is 19.2. The van der Waals surface area contributed by atoms with Crippen LogP contribution in [0.4, 0.5) is 13.2 Å². The number of aromatic nitrogens is 2. The van der Waals surface area contributed by atoms with Crippen LogP contribution in [0, 0.1) is 0 Å². The molecular formula is C17H18F3N3O4. The van der Waals surface area contributed by atoms with Gasteiger partial charge in [0.25, 0.3) is 5.91 Å². The van der Waals surface area contributed by atoms with Crippen LogP contribution < -0.4 is 0 Å². The Hall–Kier alpha value is -2.62. The normalized spacial score (nSPS) is 18.3. The SMILES string of the molecule is CC(C)n1c(C(F)(F)F)nc2cc(C(=O)N3CCO[C@H](C(=O)O)C3)ccc21. The Morgan fingerprint density at radius 3 is 2.63 bits per heavy atom. The summed E-state index contributed by atoms with van der Waals surface area (Å²) >= 11 is 0. The summed E-state index contributed by atoms with van der Waals surface area (Å²) in [5.74, 6) is -2.66. The highest BCUT2D eigenvalue weighted by molar-refractivity contribution is 5.97. The van der Waals surface area contributed by atoms with Gasteiger partial charge in [-0.05, 0) is 32.0 Å². The molecule has 1 N–H and O–H groups in total. The zero-order chi connectivity index (χ0) is 19.9. The van der Waals surface area contributed by atoms with Crippen molar-refractivity contribution in [3.8, 4) is 0 Å². The number of ether oxygens (including phenoxy) is 1. The van der Waals surface area contributed by atoms with Crippen LogP contribution in [0.15, 0.2) is 18.2 Å². The minimum atomic E-state index is -4.62. The Labute approximate surface area is 152 Å². The summed E-state index contributed by atoms with van der Waals surface area (Å²) in [6.07, 6.45) is -5.74. The van der Waals surface area contributed by atoms with E-state index in [0.29, 0.717) is 0 Å². The van der Waals surface area contributed by atoms with Gasteiger partial charge in [-0.2, -0.15) is 13.2 Å². The van der Waals surface area contributed by atoms with Crippen molar-refractivity contribution in [3.63, 3.8) is 0 Å². The molecule has 0 bridgehead atoms. The Morgan fingerprint density at radius 1 is 1.33 bits per heavy atom. The number of hydrogen-bond acceptors (Lipinski definition) is 4. The van der Waals surface area contributed by atoms with Crippen LogP contribution in [-0.2, 0) is 15.7 Å². The standard InChI is InChI=1S/C17H18F3N3O4/c1-9(2)23-12-4-3-10(7-11(12)21-16(23)17(18,19)20)14(24)22-5-6-27-13(8-22)15(25)26/h3-4,7,9,13H,5-6,8H2,1-2H3,(H,25,26)/t13-/m0/s1. The van der Waals surface area contributed by atoms with Gasteiger partial charge in [-0.1, -0.05) is 0 Å². The topological polar surface area (TPSA) is 84.7 Å². The smallest absolute Gasteiger partial charge is 0.449 e. The molecule has 0 spiro atoms. The van der Waals surface area contributed by atoms with Crippen LogP contribution in [0.2, 0.25) is 0 Å². The van der Waals surface area contributed by atoms with Crippen LogP contribution in [0.5, 0.6) is 0 Å². The molecule has 146 valence electrons. The number of imidazole rings is 1. The summed E-state index contributed by atoms with van der Waals surface area (Å²) in [5.41, 5.74) is 0.486. The molecule has 2 aromatic rings. The zero-order valence-corrected chi connectivity index (χ0v) is 14.7. The molecule has 10 heteroatoms. The summed E-state index contributed by atoms with van der Waals surface area (Å²) in [6, 6.07) is 3.69. The highest BCUT2D eigenvalue weighted by Gasteiger charge is 2.38. The van der Waals surface area contributed by atoms with E-state index < -0.39 is 36.0 Å². The fourth-order valence-electron chi connectivity index (χ4n) is 3.12. The number of carboxylic acid groups (broad SMARTS) is 1. The minimum Gasteiger partial charge on any atom is -0.479 e. The van der Waals surface area contributed by atoms with Crippen molar-refractivity contribution in [1.82, 2.24) is 14.5 Å². The van der Waals surface area contributed by atoms with Crippen LogP contribution in [0.3, 0.4) is 0 Å². The Kier molecular flexibility index (Phi) is 4.85. The number of fused-ring (bicyclic) bond motifs is 1. The molecule has 0 radical (unpaired) electrons. The highest BCUT2D eigenvalue weighted by atomic mass is 19.4. The van der Waals surface area contributed by atoms with E-state index in [4.69, 9.17) is 9.84 Å². The summed E-state index contributed by atoms with van der Waals surface area (Å²) in [6.45, 7) is 3.39. The van der Waals surface area contributed by atoms with Crippen molar-refractivity contribution in [3.05, 3.63) is 29.6 Å². The van der Waals surface area contributed by atoms with Crippen molar-refractivity contribution in [2.45, 2.75) is 32.2 Å². The molecule has 27 heavy (non-hydrogen) atoms. The van der Waals surface area contributed by atoms with E-state index in [0.717, 1.165) is 4.57 Å². The van der Waals surface area contributed by atoms with Crippen LogP contribution in [-0.4, -0.2) is 57.2 Å². The molecule has 1 aliphatic heterocycles. The number of morpholine rings is 1. The molecule has 0 unspecified atom stereocenters. The molecule has 0 aliphatic carbocycles. The Morgan fingerprint density at radius 2 is 2.04 bits per heavy atom. The van der Waals surface area contributed by atoms with Gasteiger partial charge >= 0.3 is 12.1 Å². The number of nitrogens with zero attached hydrogens (tertiary/aromatic N) is 3. The molecule has 1 fully saturated rings. The number of alkyl halides is 3. The predicted octanol–water partition coefficient (Wildman–Crippen LogP) is 2.56. The fraction of sp³-hybridized carbons (Fsp3) is 0.471. The summed E-state index contributed by atoms with van der Waals surface area (Å²) in [4.78, 5) is 28.7. The van der Waals surface area contributed by atoms with Gasteiger partial charge in [-0.15, -0.1) is 0 Å². The molecule has 3 rings (SSSR count). The first-order valence-corrected chi connectivity index (χ1v) is 8.32. The molecule has 7 nitrogen and oxygen atoms in total. The van der Waals surface area contributed by atoms with Crippen molar-refractivity contribution >= 4 is 22.9 Å². The van der Waals surface area contributed by atoms with Crippen LogP contribution >= 0.6 is 0 Å². The number of amides is 1. The van der Waals surface area contributed by atoms with Gasteiger partial charge in [-0.3, -0.25) is 4.79 Å².